The van der Waals surface area contributed by atoms with Crippen molar-refractivity contribution in [1.82, 2.24) is 4.31 Å². The van der Waals surface area contributed by atoms with Gasteiger partial charge in [0.25, 0.3) is 0 Å². The van der Waals surface area contributed by atoms with E-state index in [0.717, 1.165) is 5.56 Å². The summed E-state index contributed by atoms with van der Waals surface area (Å²) in [6, 6.07) is 21.6. The monoisotopic (exact) mass is 578 g/mol. The predicted molar refractivity (Wildman–Crippen MR) is 158 cm³/mol. The average molecular weight is 579 g/mol. The molecule has 1 aliphatic heterocycles. The van der Waals surface area contributed by atoms with Crippen LogP contribution >= 0.6 is 11.6 Å². The van der Waals surface area contributed by atoms with Crippen LogP contribution in [-0.2, 0) is 26.0 Å². The molecule has 4 rings (SSSR count). The van der Waals surface area contributed by atoms with E-state index in [2.05, 4.69) is 0 Å². The number of aryl methyl sites for hydroxylation is 1. The van der Waals surface area contributed by atoms with Crippen molar-refractivity contribution in [2.45, 2.75) is 57.5 Å². The van der Waals surface area contributed by atoms with Crippen LogP contribution in [0.15, 0.2) is 95.4 Å². The molecule has 0 aliphatic carbocycles. The Kier molecular flexibility index (Phi) is 8.69. The largest absolute Gasteiger partial charge is 0.369 e. The molecule has 0 aromatic heterocycles. The Morgan fingerprint density at radius 3 is 2.12 bits per heavy atom. The quantitative estimate of drug-likeness (QED) is 0.335. The van der Waals surface area contributed by atoms with E-state index in [1.807, 2.05) is 51.1 Å². The first kappa shape index (κ1) is 29.7. The van der Waals surface area contributed by atoms with Gasteiger partial charge in [0.2, 0.25) is 15.9 Å². The second kappa shape index (κ2) is 11.7. The number of benzene rings is 3. The minimum atomic E-state index is -4.06. The van der Waals surface area contributed by atoms with E-state index >= 15 is 0 Å². The number of amides is 1. The SMILES string of the molecule is Cc1ccccc1S(=O)(=O)N1[C@@H](c2ccc(Cl)cc2)C(C(=O)C[C@@H](Cc2ccccc2)C(N)=O)=C[C@H]1C(C)(C)C. The van der Waals surface area contributed by atoms with Gasteiger partial charge in [0.05, 0.1) is 10.9 Å². The fraction of sp³-hybridized carbons (Fsp3) is 0.312. The number of nitrogens with two attached hydrogens (primary N) is 1. The molecule has 3 aromatic rings. The summed E-state index contributed by atoms with van der Waals surface area (Å²) >= 11 is 6.18. The van der Waals surface area contributed by atoms with E-state index in [-0.39, 0.29) is 17.1 Å². The van der Waals surface area contributed by atoms with E-state index in [0.29, 0.717) is 28.1 Å². The fourth-order valence-corrected chi connectivity index (χ4v) is 7.51. The van der Waals surface area contributed by atoms with Crippen LogP contribution in [0.3, 0.4) is 0 Å². The van der Waals surface area contributed by atoms with Gasteiger partial charge in [-0.2, -0.15) is 4.31 Å². The summed E-state index contributed by atoms with van der Waals surface area (Å²) in [5, 5.41) is 0.496. The number of carbonyl (C=O) groups is 2. The van der Waals surface area contributed by atoms with E-state index in [9.17, 15) is 18.0 Å². The zero-order valence-electron chi connectivity index (χ0n) is 23.2. The Hall–Kier alpha value is -3.26. The third-order valence-electron chi connectivity index (χ3n) is 7.36. The zero-order chi connectivity index (χ0) is 29.2. The molecular weight excluding hydrogens is 544 g/mol. The maximum Gasteiger partial charge on any atom is 0.244 e. The van der Waals surface area contributed by atoms with Crippen molar-refractivity contribution in [2.24, 2.45) is 17.1 Å². The number of carbonyl (C=O) groups excluding carboxylic acids is 2. The first-order valence-electron chi connectivity index (χ1n) is 13.2. The summed E-state index contributed by atoms with van der Waals surface area (Å²) in [7, 11) is -4.06. The molecule has 0 bridgehead atoms. The van der Waals surface area contributed by atoms with Crippen LogP contribution in [0.5, 0.6) is 0 Å². The number of nitrogens with zero attached hydrogens (tertiary/aromatic N) is 1. The number of sulfonamides is 1. The molecule has 2 N–H and O–H groups in total. The van der Waals surface area contributed by atoms with Gasteiger partial charge in [-0.05, 0) is 53.6 Å². The van der Waals surface area contributed by atoms with Crippen LogP contribution in [0.4, 0.5) is 0 Å². The van der Waals surface area contributed by atoms with Gasteiger partial charge >= 0.3 is 0 Å². The normalized spacial score (nSPS) is 18.8. The van der Waals surface area contributed by atoms with Crippen LogP contribution in [0.1, 0.15) is 49.9 Å². The highest BCUT2D eigenvalue weighted by Crippen LogP contribution is 2.47. The topological polar surface area (TPSA) is 97.5 Å². The Morgan fingerprint density at radius 2 is 1.55 bits per heavy atom. The molecule has 8 heteroatoms. The number of hydrogen-bond acceptors (Lipinski definition) is 4. The second-order valence-electron chi connectivity index (χ2n) is 11.4. The molecule has 210 valence electrons. The number of rotatable bonds is 9. The average Bonchev–Trinajstić information content (AvgIpc) is 3.32. The van der Waals surface area contributed by atoms with E-state index in [1.165, 1.54) is 4.31 Å². The molecule has 1 amide bonds. The van der Waals surface area contributed by atoms with Gasteiger partial charge < -0.3 is 5.73 Å². The highest BCUT2D eigenvalue weighted by molar-refractivity contribution is 7.89. The number of ketones is 1. The molecular formula is C32H35ClN2O4S. The Morgan fingerprint density at radius 1 is 0.950 bits per heavy atom. The van der Waals surface area contributed by atoms with Crippen molar-refractivity contribution < 1.29 is 18.0 Å². The Labute approximate surface area is 241 Å². The van der Waals surface area contributed by atoms with E-state index in [4.69, 9.17) is 17.3 Å². The van der Waals surface area contributed by atoms with Gasteiger partial charge in [-0.1, -0.05) is 99.1 Å². The summed E-state index contributed by atoms with van der Waals surface area (Å²) in [6.07, 6.45) is 1.95. The number of primary amides is 1. The van der Waals surface area contributed by atoms with Gasteiger partial charge in [-0.3, -0.25) is 9.59 Å². The van der Waals surface area contributed by atoms with Gasteiger partial charge in [-0.25, -0.2) is 8.42 Å². The third kappa shape index (κ3) is 6.22. The maximum atomic E-state index is 14.4. The highest BCUT2D eigenvalue weighted by atomic mass is 35.5. The minimum absolute atomic E-state index is 0.130. The fourth-order valence-electron chi connectivity index (χ4n) is 5.24. The molecule has 0 fully saturated rings. The van der Waals surface area contributed by atoms with Gasteiger partial charge in [-0.15, -0.1) is 0 Å². The van der Waals surface area contributed by atoms with Gasteiger partial charge in [0, 0.05) is 29.0 Å². The third-order valence-corrected chi connectivity index (χ3v) is 9.62. The van der Waals surface area contributed by atoms with Crippen LogP contribution < -0.4 is 5.73 Å². The summed E-state index contributed by atoms with van der Waals surface area (Å²) in [4.78, 5) is 26.7. The van der Waals surface area contributed by atoms with Crippen molar-refractivity contribution >= 4 is 33.3 Å². The molecule has 0 saturated heterocycles. The van der Waals surface area contributed by atoms with Gasteiger partial charge in [0.1, 0.15) is 0 Å². The zero-order valence-corrected chi connectivity index (χ0v) is 24.7. The molecule has 40 heavy (non-hydrogen) atoms. The molecule has 1 heterocycles. The van der Waals surface area contributed by atoms with Crippen molar-refractivity contribution in [3.05, 3.63) is 112 Å². The first-order valence-corrected chi connectivity index (χ1v) is 15.1. The molecule has 0 radical (unpaired) electrons. The van der Waals surface area contributed by atoms with Crippen LogP contribution in [0.2, 0.25) is 5.02 Å². The molecule has 3 aromatic carbocycles. The van der Waals surface area contributed by atoms with Crippen LogP contribution in [0.25, 0.3) is 0 Å². The Balaban J connectivity index is 1.82. The number of Topliss-reactive ketones (excluding diaryl/α,β-unsaturated/α-hetero) is 1. The molecule has 3 atom stereocenters. The molecule has 0 saturated carbocycles. The molecule has 0 spiro atoms. The lowest BCUT2D eigenvalue weighted by Gasteiger charge is -2.37. The minimum Gasteiger partial charge on any atom is -0.369 e. The van der Waals surface area contributed by atoms with Crippen molar-refractivity contribution in [3.63, 3.8) is 0 Å². The molecule has 0 unspecified atom stereocenters. The van der Waals surface area contributed by atoms with Crippen LogP contribution in [-0.4, -0.2) is 30.5 Å². The molecule has 6 nitrogen and oxygen atoms in total. The standard InChI is InChI=1S/C32H35ClN2O4S/c1-21-10-8-9-13-28(21)40(38,39)35-29(32(2,3)4)20-26(30(35)23-14-16-25(33)17-15-23)27(36)19-24(31(34)37)18-22-11-6-5-7-12-22/h5-17,20,24,29-30H,18-19H2,1-4H3,(H2,34,37)/t24-,29+,30+/m1/s1. The first-order chi connectivity index (χ1) is 18.8. The number of halogens is 1. The summed E-state index contributed by atoms with van der Waals surface area (Å²) in [5.74, 6) is -1.62. The van der Waals surface area contributed by atoms with E-state index < -0.39 is 39.3 Å². The van der Waals surface area contributed by atoms with Crippen molar-refractivity contribution in [1.29, 1.82) is 0 Å². The highest BCUT2D eigenvalue weighted by Gasteiger charge is 2.49. The lowest BCUT2D eigenvalue weighted by Crippen LogP contribution is -2.45. The smallest absolute Gasteiger partial charge is 0.244 e. The predicted octanol–water partition coefficient (Wildman–Crippen LogP) is 6.04. The number of hydrogen-bond donors (Lipinski definition) is 1. The summed E-state index contributed by atoms with van der Waals surface area (Å²) in [6.45, 7) is 7.60. The van der Waals surface area contributed by atoms with Crippen LogP contribution in [0, 0.1) is 18.3 Å². The van der Waals surface area contributed by atoms with Crippen molar-refractivity contribution in [2.75, 3.05) is 0 Å². The van der Waals surface area contributed by atoms with E-state index in [1.54, 1.807) is 61.5 Å². The summed E-state index contributed by atoms with van der Waals surface area (Å²) in [5.41, 5.74) is 7.66. The lowest BCUT2D eigenvalue weighted by molar-refractivity contribution is -0.126. The lowest BCUT2D eigenvalue weighted by atomic mass is 9.86. The second-order valence-corrected chi connectivity index (χ2v) is 13.7. The molecule has 1 aliphatic rings. The van der Waals surface area contributed by atoms with Gasteiger partial charge in [0.15, 0.2) is 5.78 Å². The maximum absolute atomic E-state index is 14.4. The Bertz CT molecular complexity index is 1530. The summed E-state index contributed by atoms with van der Waals surface area (Å²) < 4.78 is 30.2. The van der Waals surface area contributed by atoms with Crippen molar-refractivity contribution in [3.8, 4) is 0 Å².